The molecule has 7 rings (SSSR count). The van der Waals surface area contributed by atoms with Gasteiger partial charge in [-0.05, 0) is 78.2 Å². The number of allylic oxidation sites excluding steroid dienone is 1. The molecule has 6 aromatic carbocycles. The van der Waals surface area contributed by atoms with Gasteiger partial charge in [-0.25, -0.2) is 0 Å². The quantitative estimate of drug-likeness (QED) is 0.246. The van der Waals surface area contributed by atoms with Crippen molar-refractivity contribution >= 4 is 37.9 Å². The molecule has 0 aromatic heterocycles. The average molecular weight is 419 g/mol. The van der Waals surface area contributed by atoms with Crippen LogP contribution in [0.2, 0.25) is 0 Å². The Morgan fingerprint density at radius 3 is 1.76 bits per heavy atom. The lowest BCUT2D eigenvalue weighted by Gasteiger charge is -2.19. The SMILES string of the molecule is C1=C(c2c3ccccc3c(-c3ccc4ccccc4c3)c3ccccc23)c2ccccc2C1. The molecule has 0 bridgehead atoms. The van der Waals surface area contributed by atoms with Crippen molar-refractivity contribution < 1.29 is 0 Å². The van der Waals surface area contributed by atoms with Gasteiger partial charge in [0.2, 0.25) is 0 Å². The van der Waals surface area contributed by atoms with Crippen molar-refractivity contribution in [2.24, 2.45) is 0 Å². The Labute approximate surface area is 193 Å². The smallest absolute Gasteiger partial charge is 0.00233 e. The highest BCUT2D eigenvalue weighted by Gasteiger charge is 2.22. The van der Waals surface area contributed by atoms with E-state index in [-0.39, 0.29) is 0 Å². The van der Waals surface area contributed by atoms with Crippen LogP contribution in [0.4, 0.5) is 0 Å². The lowest BCUT2D eigenvalue weighted by atomic mass is 9.84. The van der Waals surface area contributed by atoms with Crippen molar-refractivity contribution in [1.29, 1.82) is 0 Å². The van der Waals surface area contributed by atoms with E-state index in [0.717, 1.165) is 6.42 Å². The van der Waals surface area contributed by atoms with Crippen molar-refractivity contribution in [1.82, 2.24) is 0 Å². The normalized spacial score (nSPS) is 12.9. The van der Waals surface area contributed by atoms with Gasteiger partial charge >= 0.3 is 0 Å². The van der Waals surface area contributed by atoms with E-state index in [9.17, 15) is 0 Å². The third-order valence-electron chi connectivity index (χ3n) is 7.07. The van der Waals surface area contributed by atoms with Gasteiger partial charge in [-0.2, -0.15) is 0 Å². The van der Waals surface area contributed by atoms with E-state index in [1.54, 1.807) is 0 Å². The first-order valence-corrected chi connectivity index (χ1v) is 11.6. The molecule has 0 saturated carbocycles. The van der Waals surface area contributed by atoms with Crippen molar-refractivity contribution in [2.75, 3.05) is 0 Å². The Kier molecular flexibility index (Phi) is 4.01. The summed E-state index contributed by atoms with van der Waals surface area (Å²) in [6.45, 7) is 0. The minimum atomic E-state index is 1.00. The second kappa shape index (κ2) is 7.18. The maximum Gasteiger partial charge on any atom is -0.00233 e. The van der Waals surface area contributed by atoms with Gasteiger partial charge in [0.25, 0.3) is 0 Å². The van der Waals surface area contributed by atoms with Crippen molar-refractivity contribution in [3.05, 3.63) is 138 Å². The molecular weight excluding hydrogens is 396 g/mol. The van der Waals surface area contributed by atoms with Crippen LogP contribution < -0.4 is 0 Å². The molecule has 6 aromatic rings. The van der Waals surface area contributed by atoms with E-state index in [1.165, 1.54) is 65.7 Å². The highest BCUT2D eigenvalue weighted by molar-refractivity contribution is 6.20. The molecular formula is C33H22. The summed E-state index contributed by atoms with van der Waals surface area (Å²) in [4.78, 5) is 0. The van der Waals surface area contributed by atoms with Gasteiger partial charge in [-0.1, -0.05) is 115 Å². The molecule has 0 N–H and O–H groups in total. The van der Waals surface area contributed by atoms with Crippen LogP contribution in [0.15, 0.2) is 121 Å². The fourth-order valence-electron chi connectivity index (χ4n) is 5.59. The fourth-order valence-corrected chi connectivity index (χ4v) is 5.59. The summed E-state index contributed by atoms with van der Waals surface area (Å²) in [5.41, 5.74) is 8.10. The van der Waals surface area contributed by atoms with E-state index in [2.05, 4.69) is 121 Å². The number of hydrogen-bond acceptors (Lipinski definition) is 0. The number of benzene rings is 6. The Balaban J connectivity index is 1.61. The Hall–Kier alpha value is -4.16. The van der Waals surface area contributed by atoms with Gasteiger partial charge in [0.05, 0.1) is 0 Å². The van der Waals surface area contributed by atoms with E-state index >= 15 is 0 Å². The number of hydrogen-bond donors (Lipinski definition) is 0. The summed E-state index contributed by atoms with van der Waals surface area (Å²) in [5.74, 6) is 0. The largest absolute Gasteiger partial charge is 0.0716 e. The average Bonchev–Trinajstić information content (AvgIpc) is 3.30. The van der Waals surface area contributed by atoms with Crippen LogP contribution in [0.3, 0.4) is 0 Å². The first-order chi connectivity index (χ1) is 16.4. The zero-order valence-electron chi connectivity index (χ0n) is 18.3. The molecule has 154 valence electrons. The molecule has 0 heterocycles. The number of rotatable bonds is 2. The molecule has 33 heavy (non-hydrogen) atoms. The highest BCUT2D eigenvalue weighted by atomic mass is 14.2. The molecule has 1 aliphatic rings. The van der Waals surface area contributed by atoms with Crippen LogP contribution in [-0.4, -0.2) is 0 Å². The van der Waals surface area contributed by atoms with Gasteiger partial charge < -0.3 is 0 Å². The van der Waals surface area contributed by atoms with E-state index in [1.807, 2.05) is 0 Å². The van der Waals surface area contributed by atoms with Crippen LogP contribution in [0.25, 0.3) is 49.0 Å². The minimum Gasteiger partial charge on any atom is -0.0716 e. The van der Waals surface area contributed by atoms with Gasteiger partial charge in [-0.3, -0.25) is 0 Å². The van der Waals surface area contributed by atoms with Crippen molar-refractivity contribution in [2.45, 2.75) is 6.42 Å². The molecule has 0 spiro atoms. The predicted octanol–water partition coefficient (Wildman–Crippen LogP) is 8.80. The first-order valence-electron chi connectivity index (χ1n) is 11.6. The third-order valence-corrected chi connectivity index (χ3v) is 7.07. The van der Waals surface area contributed by atoms with Crippen molar-refractivity contribution in [3.8, 4) is 11.1 Å². The van der Waals surface area contributed by atoms with Crippen molar-refractivity contribution in [3.63, 3.8) is 0 Å². The first kappa shape index (κ1) is 18.4. The maximum atomic E-state index is 2.41. The molecule has 0 aliphatic heterocycles. The lowest BCUT2D eigenvalue weighted by Crippen LogP contribution is -1.94. The standard InChI is InChI=1S/C33H22/c1-2-11-24-21-25(18-17-22(24)9-1)32-27-13-5-7-15-29(27)33(30-16-8-6-14-28(30)32)31-20-19-23-10-3-4-12-26(23)31/h1-18,20-21H,19H2. The van der Waals surface area contributed by atoms with Gasteiger partial charge in [0, 0.05) is 0 Å². The maximum absolute atomic E-state index is 2.41. The van der Waals surface area contributed by atoms with Gasteiger partial charge in [-0.15, -0.1) is 0 Å². The van der Waals surface area contributed by atoms with E-state index in [4.69, 9.17) is 0 Å². The Bertz CT molecular complexity index is 1680. The molecule has 1 aliphatic carbocycles. The molecule has 0 saturated heterocycles. The summed E-state index contributed by atoms with van der Waals surface area (Å²) >= 11 is 0. The minimum absolute atomic E-state index is 1.00. The molecule has 0 heteroatoms. The second-order valence-electron chi connectivity index (χ2n) is 8.88. The van der Waals surface area contributed by atoms with Crippen LogP contribution in [0.1, 0.15) is 16.7 Å². The van der Waals surface area contributed by atoms with Crippen LogP contribution in [-0.2, 0) is 6.42 Å². The molecule has 0 fully saturated rings. The van der Waals surface area contributed by atoms with E-state index in [0.29, 0.717) is 0 Å². The zero-order valence-corrected chi connectivity index (χ0v) is 18.3. The van der Waals surface area contributed by atoms with Crippen LogP contribution >= 0.6 is 0 Å². The third kappa shape index (κ3) is 2.78. The molecule has 0 unspecified atom stereocenters. The topological polar surface area (TPSA) is 0 Å². The Morgan fingerprint density at radius 2 is 1.03 bits per heavy atom. The monoisotopic (exact) mass is 418 g/mol. The second-order valence-corrected chi connectivity index (χ2v) is 8.88. The summed E-state index contributed by atoms with van der Waals surface area (Å²) in [7, 11) is 0. The predicted molar refractivity (Wildman–Crippen MR) is 142 cm³/mol. The van der Waals surface area contributed by atoms with E-state index < -0.39 is 0 Å². The van der Waals surface area contributed by atoms with Gasteiger partial charge in [0.15, 0.2) is 0 Å². The summed E-state index contributed by atoms with van der Waals surface area (Å²) in [6, 6.07) is 42.2. The summed E-state index contributed by atoms with van der Waals surface area (Å²) < 4.78 is 0. The molecule has 0 radical (unpaired) electrons. The van der Waals surface area contributed by atoms with Crippen LogP contribution in [0, 0.1) is 0 Å². The Morgan fingerprint density at radius 1 is 0.455 bits per heavy atom. The summed E-state index contributed by atoms with van der Waals surface area (Å²) in [5, 5.41) is 7.82. The van der Waals surface area contributed by atoms with Crippen LogP contribution in [0.5, 0.6) is 0 Å². The molecule has 0 amide bonds. The molecule has 0 atom stereocenters. The lowest BCUT2D eigenvalue weighted by molar-refractivity contribution is 1.31. The number of fused-ring (bicyclic) bond motifs is 4. The zero-order chi connectivity index (χ0) is 21.8. The molecule has 0 nitrogen and oxygen atoms in total. The highest BCUT2D eigenvalue weighted by Crippen LogP contribution is 2.45. The fraction of sp³-hybridized carbons (Fsp3) is 0.0303. The summed E-state index contributed by atoms with van der Waals surface area (Å²) in [6.07, 6.45) is 3.41. The van der Waals surface area contributed by atoms with Gasteiger partial charge in [0.1, 0.15) is 0 Å².